The molecule has 1 aromatic heterocycles. The molecule has 1 aliphatic heterocycles. The second kappa shape index (κ2) is 3.20. The Morgan fingerprint density at radius 3 is 3.00 bits per heavy atom. The predicted octanol–water partition coefficient (Wildman–Crippen LogP) is 0.543. The Balaban J connectivity index is 2.41. The average Bonchev–Trinajstić information content (AvgIpc) is 2.58. The van der Waals surface area contributed by atoms with Crippen LogP contribution < -0.4 is 10.9 Å². The number of aromatic nitrogens is 1. The van der Waals surface area contributed by atoms with Crippen LogP contribution in [0.4, 0.5) is 4.39 Å². The highest BCUT2D eigenvalue weighted by atomic mass is 19.1. The molecule has 3 nitrogen and oxygen atoms in total. The number of nitrogens with one attached hydrogen (secondary N) is 1. The molecule has 0 bridgehead atoms. The summed E-state index contributed by atoms with van der Waals surface area (Å²) in [6.45, 7) is 0.978. The van der Waals surface area contributed by atoms with E-state index in [-0.39, 0.29) is 5.56 Å². The first kappa shape index (κ1) is 9.40. The topological polar surface area (TPSA) is 34.0 Å². The third-order valence-corrected chi connectivity index (χ3v) is 2.72. The van der Waals surface area contributed by atoms with Crippen LogP contribution in [-0.2, 0) is 12.7 Å². The lowest BCUT2D eigenvalue weighted by molar-refractivity contribution is 0.193. The van der Waals surface area contributed by atoms with Gasteiger partial charge in [0.05, 0.1) is 0 Å². The summed E-state index contributed by atoms with van der Waals surface area (Å²) in [6.07, 6.45) is 2.05. The summed E-state index contributed by atoms with van der Waals surface area (Å²) >= 11 is 0. The molecule has 14 heavy (non-hydrogen) atoms. The lowest BCUT2D eigenvalue weighted by Gasteiger charge is -2.18. The Labute approximate surface area is 81.6 Å². The molecule has 0 radical (unpaired) electrons. The summed E-state index contributed by atoms with van der Waals surface area (Å²) in [5, 5.41) is 2.96. The van der Waals surface area contributed by atoms with Crippen LogP contribution in [0, 0.1) is 0 Å². The molecular weight excluding hydrogens is 183 g/mol. The highest BCUT2D eigenvalue weighted by Crippen LogP contribution is 2.30. The standard InChI is InChI=1S/C10H13FN2O/c1-13-5-2-8(6-9(13)14)10(11)3-4-12-7-10/h2,5-6,12H,3-4,7H2,1H3. The van der Waals surface area contributed by atoms with E-state index in [9.17, 15) is 9.18 Å². The summed E-state index contributed by atoms with van der Waals surface area (Å²) < 4.78 is 15.6. The lowest BCUT2D eigenvalue weighted by atomic mass is 9.96. The second-order valence-corrected chi connectivity index (χ2v) is 3.76. The zero-order valence-electron chi connectivity index (χ0n) is 8.09. The molecule has 0 amide bonds. The Hall–Kier alpha value is -1.16. The van der Waals surface area contributed by atoms with Gasteiger partial charge in [-0.3, -0.25) is 4.79 Å². The van der Waals surface area contributed by atoms with E-state index >= 15 is 0 Å². The fourth-order valence-electron chi connectivity index (χ4n) is 1.74. The van der Waals surface area contributed by atoms with E-state index in [1.807, 2.05) is 0 Å². The van der Waals surface area contributed by atoms with E-state index in [2.05, 4.69) is 5.32 Å². The summed E-state index contributed by atoms with van der Waals surface area (Å²) in [4.78, 5) is 11.3. The fourth-order valence-corrected chi connectivity index (χ4v) is 1.74. The summed E-state index contributed by atoms with van der Waals surface area (Å²) in [7, 11) is 1.66. The Kier molecular flexibility index (Phi) is 2.15. The van der Waals surface area contributed by atoms with Gasteiger partial charge in [0.25, 0.3) is 5.56 Å². The second-order valence-electron chi connectivity index (χ2n) is 3.76. The first-order chi connectivity index (χ1) is 6.62. The van der Waals surface area contributed by atoms with E-state index in [1.165, 1.54) is 10.6 Å². The molecule has 1 atom stereocenters. The minimum absolute atomic E-state index is 0.161. The Bertz CT molecular complexity index is 393. The van der Waals surface area contributed by atoms with Crippen molar-refractivity contribution in [2.45, 2.75) is 12.1 Å². The first-order valence-electron chi connectivity index (χ1n) is 4.69. The van der Waals surface area contributed by atoms with Gasteiger partial charge in [0.15, 0.2) is 0 Å². The molecule has 2 rings (SSSR count). The zero-order valence-corrected chi connectivity index (χ0v) is 8.09. The lowest BCUT2D eigenvalue weighted by Crippen LogP contribution is -2.26. The van der Waals surface area contributed by atoms with Crippen molar-refractivity contribution in [1.82, 2.24) is 9.88 Å². The molecule has 76 valence electrons. The van der Waals surface area contributed by atoms with E-state index < -0.39 is 5.67 Å². The van der Waals surface area contributed by atoms with Gasteiger partial charge in [-0.05, 0) is 24.6 Å². The number of nitrogens with zero attached hydrogens (tertiary/aromatic N) is 1. The molecule has 1 unspecified atom stereocenters. The van der Waals surface area contributed by atoms with Crippen LogP contribution in [-0.4, -0.2) is 17.7 Å². The van der Waals surface area contributed by atoms with E-state index in [1.54, 1.807) is 19.3 Å². The monoisotopic (exact) mass is 196 g/mol. The molecule has 1 fully saturated rings. The molecule has 1 N–H and O–H groups in total. The Morgan fingerprint density at radius 1 is 1.64 bits per heavy atom. The Morgan fingerprint density at radius 2 is 2.43 bits per heavy atom. The van der Waals surface area contributed by atoms with Gasteiger partial charge in [-0.1, -0.05) is 0 Å². The van der Waals surface area contributed by atoms with E-state index in [0.29, 0.717) is 25.1 Å². The number of halogens is 1. The summed E-state index contributed by atoms with van der Waals surface area (Å²) in [5.74, 6) is 0. The van der Waals surface area contributed by atoms with Gasteiger partial charge in [-0.25, -0.2) is 4.39 Å². The van der Waals surface area contributed by atoms with Crippen LogP contribution in [0.3, 0.4) is 0 Å². The number of pyridine rings is 1. The van der Waals surface area contributed by atoms with Crippen molar-refractivity contribution in [3.05, 3.63) is 34.2 Å². The van der Waals surface area contributed by atoms with Gasteiger partial charge in [0, 0.05) is 25.9 Å². The normalized spacial score (nSPS) is 26.7. The SMILES string of the molecule is Cn1ccc(C2(F)CCNC2)cc1=O. The fraction of sp³-hybridized carbons (Fsp3) is 0.500. The largest absolute Gasteiger partial charge is 0.319 e. The smallest absolute Gasteiger partial charge is 0.250 e. The molecule has 1 aliphatic rings. The van der Waals surface area contributed by atoms with Crippen molar-refractivity contribution in [3.8, 4) is 0 Å². The maximum atomic E-state index is 14.1. The number of hydrogen-bond donors (Lipinski definition) is 1. The maximum absolute atomic E-state index is 14.1. The molecule has 2 heterocycles. The van der Waals surface area contributed by atoms with Crippen molar-refractivity contribution in [1.29, 1.82) is 0 Å². The van der Waals surface area contributed by atoms with Crippen LogP contribution in [0.15, 0.2) is 23.1 Å². The molecule has 1 aromatic rings. The number of rotatable bonds is 1. The van der Waals surface area contributed by atoms with Gasteiger partial charge in [-0.15, -0.1) is 0 Å². The minimum atomic E-state index is -1.35. The van der Waals surface area contributed by atoms with Crippen molar-refractivity contribution in [2.24, 2.45) is 7.05 Å². The molecule has 0 aromatic carbocycles. The summed E-state index contributed by atoms with van der Waals surface area (Å²) in [6, 6.07) is 3.06. The molecule has 0 spiro atoms. The van der Waals surface area contributed by atoms with Crippen LogP contribution >= 0.6 is 0 Å². The minimum Gasteiger partial charge on any atom is -0.319 e. The highest BCUT2D eigenvalue weighted by molar-refractivity contribution is 5.22. The van der Waals surface area contributed by atoms with Crippen LogP contribution in [0.5, 0.6) is 0 Å². The van der Waals surface area contributed by atoms with Crippen molar-refractivity contribution < 1.29 is 4.39 Å². The van der Waals surface area contributed by atoms with Gasteiger partial charge in [0.1, 0.15) is 5.67 Å². The third-order valence-electron chi connectivity index (χ3n) is 2.72. The van der Waals surface area contributed by atoms with Gasteiger partial charge in [0.2, 0.25) is 0 Å². The van der Waals surface area contributed by atoms with Gasteiger partial charge >= 0.3 is 0 Å². The third kappa shape index (κ3) is 1.46. The molecular formula is C10H13FN2O. The molecule has 4 heteroatoms. The van der Waals surface area contributed by atoms with E-state index in [4.69, 9.17) is 0 Å². The molecule has 1 saturated heterocycles. The number of hydrogen-bond acceptors (Lipinski definition) is 2. The van der Waals surface area contributed by atoms with Crippen LogP contribution in [0.1, 0.15) is 12.0 Å². The first-order valence-corrected chi connectivity index (χ1v) is 4.69. The van der Waals surface area contributed by atoms with Crippen LogP contribution in [0.2, 0.25) is 0 Å². The summed E-state index contributed by atoms with van der Waals surface area (Å²) in [5.41, 5.74) is -1.02. The van der Waals surface area contributed by atoms with Crippen LogP contribution in [0.25, 0.3) is 0 Å². The van der Waals surface area contributed by atoms with Gasteiger partial charge in [-0.2, -0.15) is 0 Å². The quantitative estimate of drug-likeness (QED) is 0.711. The number of aryl methyl sites for hydroxylation is 1. The van der Waals surface area contributed by atoms with Crippen molar-refractivity contribution >= 4 is 0 Å². The predicted molar refractivity (Wildman–Crippen MR) is 52.0 cm³/mol. The van der Waals surface area contributed by atoms with Crippen molar-refractivity contribution in [2.75, 3.05) is 13.1 Å². The highest BCUT2D eigenvalue weighted by Gasteiger charge is 2.35. The van der Waals surface area contributed by atoms with Crippen molar-refractivity contribution in [3.63, 3.8) is 0 Å². The molecule has 0 saturated carbocycles. The maximum Gasteiger partial charge on any atom is 0.250 e. The zero-order chi connectivity index (χ0) is 10.2. The molecule has 0 aliphatic carbocycles. The number of alkyl halides is 1. The average molecular weight is 196 g/mol. The van der Waals surface area contributed by atoms with Gasteiger partial charge < -0.3 is 9.88 Å². The van der Waals surface area contributed by atoms with E-state index in [0.717, 1.165) is 0 Å².